The van der Waals surface area contributed by atoms with Gasteiger partial charge in [-0.05, 0) is 44.5 Å². The van der Waals surface area contributed by atoms with Gasteiger partial charge in [-0.25, -0.2) is 0 Å². The van der Waals surface area contributed by atoms with Crippen LogP contribution in [0.1, 0.15) is 46.5 Å². The number of carbonyl (C=O) groups is 1. The van der Waals surface area contributed by atoms with E-state index in [-0.39, 0.29) is 5.91 Å². The lowest BCUT2D eigenvalue weighted by molar-refractivity contribution is -0.139. The highest BCUT2D eigenvalue weighted by atomic mass is 16.5. The summed E-state index contributed by atoms with van der Waals surface area (Å²) >= 11 is 0. The number of nitrogens with one attached hydrogen (secondary N) is 1. The second-order valence-corrected chi connectivity index (χ2v) is 5.94. The molecule has 1 unspecified atom stereocenters. The highest BCUT2D eigenvalue weighted by molar-refractivity contribution is 5.97. The minimum atomic E-state index is -0.794. The average Bonchev–Trinajstić information content (AvgIpc) is 2.57. The molecule has 1 aromatic carbocycles. The van der Waals surface area contributed by atoms with Crippen molar-refractivity contribution in [2.75, 3.05) is 32.2 Å². The van der Waals surface area contributed by atoms with Gasteiger partial charge >= 0.3 is 0 Å². The van der Waals surface area contributed by atoms with Crippen LogP contribution >= 0.6 is 0 Å². The van der Waals surface area contributed by atoms with Crippen molar-refractivity contribution < 1.29 is 19.0 Å². The number of carbonyl (C=O) groups excluding carboxylic acids is 1. The second kappa shape index (κ2) is 11.0. The zero-order chi connectivity index (χ0) is 17.8. The van der Waals surface area contributed by atoms with Crippen molar-refractivity contribution in [1.29, 1.82) is 0 Å². The van der Waals surface area contributed by atoms with Crippen molar-refractivity contribution in [1.82, 2.24) is 0 Å². The Morgan fingerprint density at radius 1 is 1.12 bits per heavy atom. The molecule has 5 heteroatoms. The Bertz CT molecular complexity index is 475. The Hall–Kier alpha value is -1.59. The lowest BCUT2D eigenvalue weighted by atomic mass is 9.96. The van der Waals surface area contributed by atoms with Crippen molar-refractivity contribution in [2.45, 2.75) is 52.1 Å². The number of methoxy groups -OCH3 is 1. The fraction of sp³-hybridized carbons (Fsp3) is 0.632. The molecule has 0 aromatic heterocycles. The monoisotopic (exact) mass is 337 g/mol. The summed E-state index contributed by atoms with van der Waals surface area (Å²) in [5, 5.41) is 2.94. The van der Waals surface area contributed by atoms with E-state index in [0.29, 0.717) is 19.8 Å². The summed E-state index contributed by atoms with van der Waals surface area (Å²) in [4.78, 5) is 12.6. The molecule has 0 aliphatic carbocycles. The van der Waals surface area contributed by atoms with Crippen molar-refractivity contribution in [2.24, 2.45) is 0 Å². The van der Waals surface area contributed by atoms with Crippen molar-refractivity contribution in [3.05, 3.63) is 24.3 Å². The molecule has 0 saturated carbocycles. The van der Waals surface area contributed by atoms with E-state index >= 15 is 0 Å². The smallest absolute Gasteiger partial charge is 0.256 e. The van der Waals surface area contributed by atoms with Crippen LogP contribution in [-0.2, 0) is 14.3 Å². The standard InChI is InChI=1S/C19H31NO4/c1-5-7-8-13-19(3,24-6-2)18(21)20-16-9-11-17(12-10-16)23-15-14-22-4/h9-12H,5-8,13-15H2,1-4H3,(H,20,21). The molecule has 1 rings (SSSR count). The molecule has 1 amide bonds. The number of hydrogen-bond acceptors (Lipinski definition) is 4. The van der Waals surface area contributed by atoms with Crippen molar-refractivity contribution >= 4 is 11.6 Å². The third-order valence-corrected chi connectivity index (χ3v) is 3.87. The molecule has 1 aromatic rings. The maximum Gasteiger partial charge on any atom is 0.256 e. The Labute approximate surface area is 145 Å². The fourth-order valence-corrected chi connectivity index (χ4v) is 2.42. The predicted molar refractivity (Wildman–Crippen MR) is 96.6 cm³/mol. The Morgan fingerprint density at radius 2 is 1.83 bits per heavy atom. The first-order valence-corrected chi connectivity index (χ1v) is 8.73. The lowest BCUT2D eigenvalue weighted by Gasteiger charge is -2.28. The maximum absolute atomic E-state index is 12.6. The van der Waals surface area contributed by atoms with Crippen LogP contribution in [0.3, 0.4) is 0 Å². The number of rotatable bonds is 12. The molecule has 5 nitrogen and oxygen atoms in total. The van der Waals surface area contributed by atoms with Gasteiger partial charge in [0, 0.05) is 19.4 Å². The Balaban J connectivity index is 2.62. The van der Waals surface area contributed by atoms with Crippen LogP contribution in [0.5, 0.6) is 5.75 Å². The van der Waals surface area contributed by atoms with Crippen LogP contribution < -0.4 is 10.1 Å². The molecule has 0 fully saturated rings. The average molecular weight is 337 g/mol. The Kier molecular flexibility index (Phi) is 9.42. The van der Waals surface area contributed by atoms with Gasteiger partial charge in [0.05, 0.1) is 6.61 Å². The highest BCUT2D eigenvalue weighted by Gasteiger charge is 2.33. The minimum absolute atomic E-state index is 0.103. The lowest BCUT2D eigenvalue weighted by Crippen LogP contribution is -2.42. The molecule has 0 radical (unpaired) electrons. The molecule has 0 aliphatic rings. The van der Waals surface area contributed by atoms with Crippen LogP contribution in [0.25, 0.3) is 0 Å². The van der Waals surface area contributed by atoms with Gasteiger partial charge in [0.25, 0.3) is 5.91 Å². The number of anilines is 1. The summed E-state index contributed by atoms with van der Waals surface area (Å²) in [5.74, 6) is 0.647. The third kappa shape index (κ3) is 6.89. The number of hydrogen-bond donors (Lipinski definition) is 1. The fourth-order valence-electron chi connectivity index (χ4n) is 2.42. The second-order valence-electron chi connectivity index (χ2n) is 5.94. The van der Waals surface area contributed by atoms with Gasteiger partial charge in [0.2, 0.25) is 0 Å². The van der Waals surface area contributed by atoms with Crippen LogP contribution in [0, 0.1) is 0 Å². The number of ether oxygens (including phenoxy) is 3. The molecule has 0 aliphatic heterocycles. The molecular weight excluding hydrogens is 306 g/mol. The number of benzene rings is 1. The zero-order valence-corrected chi connectivity index (χ0v) is 15.4. The number of unbranched alkanes of at least 4 members (excludes halogenated alkanes) is 2. The van der Waals surface area contributed by atoms with Crippen LogP contribution in [-0.4, -0.2) is 38.4 Å². The first kappa shape index (κ1) is 20.5. The first-order chi connectivity index (χ1) is 11.6. The topological polar surface area (TPSA) is 56.8 Å². The van der Waals surface area contributed by atoms with Gasteiger partial charge < -0.3 is 19.5 Å². The van der Waals surface area contributed by atoms with Crippen LogP contribution in [0.15, 0.2) is 24.3 Å². The normalized spacial score (nSPS) is 13.3. The van der Waals surface area contributed by atoms with Gasteiger partial charge in [0.15, 0.2) is 0 Å². The van der Waals surface area contributed by atoms with E-state index in [9.17, 15) is 4.79 Å². The van der Waals surface area contributed by atoms with Crippen molar-refractivity contribution in [3.8, 4) is 5.75 Å². The van der Waals surface area contributed by atoms with Crippen molar-refractivity contribution in [3.63, 3.8) is 0 Å². The van der Waals surface area contributed by atoms with Crippen LogP contribution in [0.2, 0.25) is 0 Å². The third-order valence-electron chi connectivity index (χ3n) is 3.87. The molecule has 0 spiro atoms. The van der Waals surface area contributed by atoms with Gasteiger partial charge in [0.1, 0.15) is 18.0 Å². The van der Waals surface area contributed by atoms with E-state index in [1.807, 2.05) is 38.1 Å². The summed E-state index contributed by atoms with van der Waals surface area (Å²) in [7, 11) is 1.64. The van der Waals surface area contributed by atoms with Gasteiger partial charge in [-0.15, -0.1) is 0 Å². The molecule has 0 saturated heterocycles. The largest absolute Gasteiger partial charge is 0.491 e. The van der Waals surface area contributed by atoms with Gasteiger partial charge in [-0.2, -0.15) is 0 Å². The maximum atomic E-state index is 12.6. The molecule has 0 heterocycles. The van der Waals surface area contributed by atoms with E-state index < -0.39 is 5.60 Å². The van der Waals surface area contributed by atoms with E-state index in [1.165, 1.54) is 0 Å². The SMILES string of the molecule is CCCCCC(C)(OCC)C(=O)Nc1ccc(OCCOC)cc1. The zero-order valence-electron chi connectivity index (χ0n) is 15.4. The summed E-state index contributed by atoms with van der Waals surface area (Å²) in [5.41, 5.74) is -0.0575. The van der Waals surface area contributed by atoms with E-state index in [1.54, 1.807) is 7.11 Å². The van der Waals surface area contributed by atoms with E-state index in [0.717, 1.165) is 37.1 Å². The molecular formula is C19H31NO4. The van der Waals surface area contributed by atoms with E-state index in [4.69, 9.17) is 14.2 Å². The summed E-state index contributed by atoms with van der Waals surface area (Å²) < 4.78 is 16.2. The first-order valence-electron chi connectivity index (χ1n) is 8.73. The molecule has 1 N–H and O–H groups in total. The van der Waals surface area contributed by atoms with Gasteiger partial charge in [-0.3, -0.25) is 4.79 Å². The van der Waals surface area contributed by atoms with Gasteiger partial charge in [-0.1, -0.05) is 26.2 Å². The summed E-state index contributed by atoms with van der Waals surface area (Å²) in [6, 6.07) is 7.33. The minimum Gasteiger partial charge on any atom is -0.491 e. The molecule has 136 valence electrons. The molecule has 1 atom stereocenters. The summed E-state index contributed by atoms with van der Waals surface area (Å²) in [6.07, 6.45) is 3.92. The Morgan fingerprint density at radius 3 is 2.42 bits per heavy atom. The van der Waals surface area contributed by atoms with Crippen LogP contribution in [0.4, 0.5) is 5.69 Å². The quantitative estimate of drug-likeness (QED) is 0.585. The summed E-state index contributed by atoms with van der Waals surface area (Å²) in [6.45, 7) is 7.49. The number of amides is 1. The predicted octanol–water partition coefficient (Wildman–Crippen LogP) is 4.03. The molecule has 24 heavy (non-hydrogen) atoms. The highest BCUT2D eigenvalue weighted by Crippen LogP contribution is 2.23. The van der Waals surface area contributed by atoms with E-state index in [2.05, 4.69) is 12.2 Å². The molecule has 0 bridgehead atoms.